The Hall–Kier alpha value is -2.53. The Morgan fingerprint density at radius 2 is 1.90 bits per heavy atom. The van der Waals surface area contributed by atoms with Gasteiger partial charge in [0, 0.05) is 30.1 Å². The molecule has 0 saturated heterocycles. The van der Waals surface area contributed by atoms with E-state index in [2.05, 4.69) is 4.98 Å². The van der Waals surface area contributed by atoms with E-state index in [0.717, 1.165) is 11.6 Å². The van der Waals surface area contributed by atoms with Gasteiger partial charge in [0.25, 0.3) is 0 Å². The highest BCUT2D eigenvalue weighted by Gasteiger charge is 2.26. The number of nitro benzene ring substituents is 1. The van der Waals surface area contributed by atoms with E-state index in [0.29, 0.717) is 15.7 Å². The summed E-state index contributed by atoms with van der Waals surface area (Å²) >= 11 is 7.58. The molecule has 11 heteroatoms. The third kappa shape index (κ3) is 5.04. The highest BCUT2D eigenvalue weighted by molar-refractivity contribution is 7.89. The van der Waals surface area contributed by atoms with Crippen molar-refractivity contribution < 1.29 is 18.1 Å². The van der Waals surface area contributed by atoms with Crippen LogP contribution in [0.25, 0.3) is 10.6 Å². The summed E-state index contributed by atoms with van der Waals surface area (Å²) in [6.07, 6.45) is 0. The van der Waals surface area contributed by atoms with Gasteiger partial charge in [-0.3, -0.25) is 10.1 Å². The molecule has 0 amide bonds. The summed E-state index contributed by atoms with van der Waals surface area (Å²) in [5, 5.41) is 14.6. The summed E-state index contributed by atoms with van der Waals surface area (Å²) in [7, 11) is -3.82. The van der Waals surface area contributed by atoms with Crippen molar-refractivity contribution in [3.8, 4) is 16.3 Å². The number of nitrogens with zero attached hydrogens (tertiary/aromatic N) is 3. The number of benzene rings is 2. The van der Waals surface area contributed by atoms with Crippen molar-refractivity contribution in [1.29, 1.82) is 0 Å². The van der Waals surface area contributed by atoms with Gasteiger partial charge in [-0.2, -0.15) is 4.31 Å². The molecule has 3 rings (SSSR count). The molecule has 164 valence electrons. The molecule has 0 bridgehead atoms. The lowest BCUT2D eigenvalue weighted by Gasteiger charge is -2.18. The molecular formula is C20H20ClN3O5S2. The average molecular weight is 482 g/mol. The Balaban J connectivity index is 1.83. The first kappa shape index (κ1) is 23.1. The molecule has 0 N–H and O–H groups in total. The molecular weight excluding hydrogens is 462 g/mol. The number of hydrogen-bond acceptors (Lipinski definition) is 7. The first-order chi connectivity index (χ1) is 14.8. The SMILES string of the molecule is CCN(CC)S(=O)(=O)c1ccc(OCc2csc(-c3ccccc3Cl)n2)c([N+](=O)[O-])c1. The molecule has 2 aromatic carbocycles. The molecule has 0 spiro atoms. The lowest BCUT2D eigenvalue weighted by Crippen LogP contribution is -2.30. The Morgan fingerprint density at radius 3 is 2.55 bits per heavy atom. The first-order valence-electron chi connectivity index (χ1n) is 9.38. The van der Waals surface area contributed by atoms with E-state index in [1.165, 1.54) is 27.8 Å². The van der Waals surface area contributed by atoms with Crippen LogP contribution in [0.15, 0.2) is 52.7 Å². The predicted molar refractivity (Wildman–Crippen MR) is 120 cm³/mol. The maximum Gasteiger partial charge on any atom is 0.312 e. The van der Waals surface area contributed by atoms with Crippen LogP contribution in [0.1, 0.15) is 19.5 Å². The number of halogens is 1. The fraction of sp³-hybridized carbons (Fsp3) is 0.250. The normalized spacial score (nSPS) is 11.6. The quantitative estimate of drug-likeness (QED) is 0.315. The maximum absolute atomic E-state index is 12.7. The Labute approximate surface area is 189 Å². The van der Waals surface area contributed by atoms with Crippen molar-refractivity contribution in [2.45, 2.75) is 25.3 Å². The Bertz CT molecular complexity index is 1190. The first-order valence-corrected chi connectivity index (χ1v) is 12.1. The van der Waals surface area contributed by atoms with Gasteiger partial charge in [0.1, 0.15) is 11.6 Å². The number of thiazole rings is 1. The molecule has 0 aliphatic rings. The zero-order chi connectivity index (χ0) is 22.6. The molecule has 0 fully saturated rings. The molecule has 0 aliphatic heterocycles. The van der Waals surface area contributed by atoms with Gasteiger partial charge in [-0.25, -0.2) is 13.4 Å². The van der Waals surface area contributed by atoms with E-state index >= 15 is 0 Å². The van der Waals surface area contributed by atoms with Crippen LogP contribution >= 0.6 is 22.9 Å². The zero-order valence-corrected chi connectivity index (χ0v) is 19.2. The van der Waals surface area contributed by atoms with Gasteiger partial charge in [-0.15, -0.1) is 11.3 Å². The maximum atomic E-state index is 12.7. The van der Waals surface area contributed by atoms with E-state index in [4.69, 9.17) is 16.3 Å². The summed E-state index contributed by atoms with van der Waals surface area (Å²) in [5.41, 5.74) is 0.946. The largest absolute Gasteiger partial charge is 0.480 e. The molecule has 0 saturated carbocycles. The van der Waals surface area contributed by atoms with Crippen molar-refractivity contribution in [1.82, 2.24) is 9.29 Å². The van der Waals surface area contributed by atoms with Crippen molar-refractivity contribution in [3.05, 3.63) is 68.7 Å². The van der Waals surface area contributed by atoms with Crippen LogP contribution in [0, 0.1) is 10.1 Å². The molecule has 0 unspecified atom stereocenters. The van der Waals surface area contributed by atoms with Crippen molar-refractivity contribution in [2.24, 2.45) is 0 Å². The lowest BCUT2D eigenvalue weighted by molar-refractivity contribution is -0.386. The van der Waals surface area contributed by atoms with Crippen LogP contribution in [-0.4, -0.2) is 35.7 Å². The topological polar surface area (TPSA) is 103 Å². The minimum atomic E-state index is -3.82. The van der Waals surface area contributed by atoms with Gasteiger partial charge >= 0.3 is 5.69 Å². The molecule has 1 aromatic heterocycles. The minimum absolute atomic E-state index is 0.00999. The van der Waals surface area contributed by atoms with Gasteiger partial charge < -0.3 is 4.74 Å². The van der Waals surface area contributed by atoms with Crippen molar-refractivity contribution in [2.75, 3.05) is 13.1 Å². The molecule has 0 atom stereocenters. The van der Waals surface area contributed by atoms with Gasteiger partial charge in [0.15, 0.2) is 5.75 Å². The van der Waals surface area contributed by atoms with Crippen LogP contribution in [0.2, 0.25) is 5.02 Å². The van der Waals surface area contributed by atoms with E-state index in [1.807, 2.05) is 18.2 Å². The van der Waals surface area contributed by atoms with Crippen LogP contribution in [0.4, 0.5) is 5.69 Å². The average Bonchev–Trinajstić information content (AvgIpc) is 3.21. The second-order valence-electron chi connectivity index (χ2n) is 6.39. The number of rotatable bonds is 9. The van der Waals surface area contributed by atoms with E-state index in [-0.39, 0.29) is 30.3 Å². The van der Waals surface area contributed by atoms with Crippen LogP contribution in [0.5, 0.6) is 5.75 Å². The molecule has 0 aliphatic carbocycles. The van der Waals surface area contributed by atoms with E-state index < -0.39 is 20.6 Å². The van der Waals surface area contributed by atoms with Gasteiger partial charge in [0.2, 0.25) is 10.0 Å². The van der Waals surface area contributed by atoms with Gasteiger partial charge in [0.05, 0.1) is 20.5 Å². The fourth-order valence-electron chi connectivity index (χ4n) is 2.92. The minimum Gasteiger partial charge on any atom is -0.480 e. The van der Waals surface area contributed by atoms with Crippen LogP contribution in [0.3, 0.4) is 0 Å². The molecule has 31 heavy (non-hydrogen) atoms. The number of sulfonamides is 1. The smallest absolute Gasteiger partial charge is 0.312 e. The lowest BCUT2D eigenvalue weighted by atomic mass is 10.2. The van der Waals surface area contributed by atoms with E-state index in [9.17, 15) is 18.5 Å². The fourth-order valence-corrected chi connectivity index (χ4v) is 5.52. The second-order valence-corrected chi connectivity index (χ2v) is 9.59. The molecule has 1 heterocycles. The summed E-state index contributed by atoms with van der Waals surface area (Å²) < 4.78 is 32.2. The molecule has 8 nitrogen and oxygen atoms in total. The number of aromatic nitrogens is 1. The summed E-state index contributed by atoms with van der Waals surface area (Å²) in [6.45, 7) is 3.93. The van der Waals surface area contributed by atoms with Gasteiger partial charge in [-0.1, -0.05) is 43.6 Å². The van der Waals surface area contributed by atoms with Crippen molar-refractivity contribution >= 4 is 38.6 Å². The molecule has 0 radical (unpaired) electrons. The number of nitro groups is 1. The second kappa shape index (κ2) is 9.73. The highest BCUT2D eigenvalue weighted by atomic mass is 35.5. The van der Waals surface area contributed by atoms with Gasteiger partial charge in [-0.05, 0) is 18.2 Å². The predicted octanol–water partition coefficient (Wildman–Crippen LogP) is 4.98. The highest BCUT2D eigenvalue weighted by Crippen LogP contribution is 2.33. The third-order valence-electron chi connectivity index (χ3n) is 4.50. The number of ether oxygens (including phenoxy) is 1. The Morgan fingerprint density at radius 1 is 1.19 bits per heavy atom. The zero-order valence-electron chi connectivity index (χ0n) is 16.8. The van der Waals surface area contributed by atoms with Crippen LogP contribution < -0.4 is 4.74 Å². The summed E-state index contributed by atoms with van der Waals surface area (Å²) in [5.74, 6) is -0.0317. The summed E-state index contributed by atoms with van der Waals surface area (Å²) in [6, 6.07) is 10.9. The summed E-state index contributed by atoms with van der Waals surface area (Å²) in [4.78, 5) is 15.2. The standard InChI is InChI=1S/C20H20ClN3O5S2/c1-3-23(4-2)31(27,28)15-9-10-19(18(11-15)24(25)26)29-12-14-13-30-20(22-14)16-7-5-6-8-17(16)21/h5-11,13H,3-4,12H2,1-2H3. The third-order valence-corrected chi connectivity index (χ3v) is 7.80. The molecule has 3 aromatic rings. The van der Waals surface area contributed by atoms with E-state index in [1.54, 1.807) is 25.3 Å². The number of hydrogen-bond donors (Lipinski definition) is 0. The Kier molecular flexibility index (Phi) is 7.26. The van der Waals surface area contributed by atoms with Crippen molar-refractivity contribution in [3.63, 3.8) is 0 Å². The van der Waals surface area contributed by atoms with Crippen LogP contribution in [-0.2, 0) is 16.6 Å². The monoisotopic (exact) mass is 481 g/mol.